The van der Waals surface area contributed by atoms with Crippen molar-refractivity contribution in [3.05, 3.63) is 136 Å². The van der Waals surface area contributed by atoms with Gasteiger partial charge in [0.15, 0.2) is 5.78 Å². The summed E-state index contributed by atoms with van der Waals surface area (Å²) in [4.78, 5) is 42.9. The highest BCUT2D eigenvalue weighted by atomic mass is 35.5. The third-order valence-electron chi connectivity index (χ3n) is 6.16. The van der Waals surface area contributed by atoms with E-state index in [1.807, 2.05) is 42.5 Å². The zero-order valence-electron chi connectivity index (χ0n) is 21.5. The molecule has 9 heteroatoms. The molecule has 0 radical (unpaired) electrons. The molecule has 5 rings (SSSR count). The summed E-state index contributed by atoms with van der Waals surface area (Å²) in [6.07, 6.45) is 3.43. The molecule has 0 aliphatic carbocycles. The first-order valence-electron chi connectivity index (χ1n) is 12.5. The van der Waals surface area contributed by atoms with Crippen LogP contribution < -0.4 is 10.6 Å². The Morgan fingerprint density at radius 1 is 0.854 bits per heavy atom. The predicted molar refractivity (Wildman–Crippen MR) is 167 cm³/mol. The Balaban J connectivity index is 1.30. The van der Waals surface area contributed by atoms with Crippen molar-refractivity contribution in [2.45, 2.75) is 4.90 Å². The molecule has 0 bridgehead atoms. The van der Waals surface area contributed by atoms with Gasteiger partial charge >= 0.3 is 0 Å². The van der Waals surface area contributed by atoms with Gasteiger partial charge < -0.3 is 15.6 Å². The zero-order valence-corrected chi connectivity index (χ0v) is 23.8. The number of Topliss-reactive ketones (excluding diaryl/α,β-unsaturated/α-hetero) is 1. The molecule has 4 aromatic carbocycles. The Hall–Kier alpha value is -4.30. The molecular weight excluding hydrogens is 577 g/mol. The number of hydrogen-bond acceptors (Lipinski definition) is 4. The average molecular weight is 601 g/mol. The van der Waals surface area contributed by atoms with Crippen LogP contribution in [0.1, 0.15) is 26.3 Å². The minimum absolute atomic E-state index is 0.0903. The van der Waals surface area contributed by atoms with Crippen LogP contribution in [0.3, 0.4) is 0 Å². The molecule has 0 atom stereocenters. The van der Waals surface area contributed by atoms with Gasteiger partial charge in [0.25, 0.3) is 11.8 Å². The highest BCUT2D eigenvalue weighted by molar-refractivity contribution is 8.00. The number of carbonyl (C=O) groups is 3. The largest absolute Gasteiger partial charge is 0.361 e. The van der Waals surface area contributed by atoms with E-state index in [1.165, 1.54) is 11.8 Å². The van der Waals surface area contributed by atoms with E-state index >= 15 is 0 Å². The van der Waals surface area contributed by atoms with Gasteiger partial charge in [-0.15, -0.1) is 11.8 Å². The molecule has 0 saturated carbocycles. The van der Waals surface area contributed by atoms with Crippen LogP contribution in [0.15, 0.2) is 114 Å². The van der Waals surface area contributed by atoms with Crippen molar-refractivity contribution in [3.8, 4) is 0 Å². The molecule has 0 unspecified atom stereocenters. The van der Waals surface area contributed by atoms with Crippen LogP contribution in [0, 0.1) is 0 Å². The lowest BCUT2D eigenvalue weighted by Crippen LogP contribution is -2.30. The first kappa shape index (κ1) is 28.2. The summed E-state index contributed by atoms with van der Waals surface area (Å²) in [6, 6.07) is 28.3. The lowest BCUT2D eigenvalue weighted by molar-refractivity contribution is -0.113. The second-order valence-corrected chi connectivity index (χ2v) is 10.9. The highest BCUT2D eigenvalue weighted by Crippen LogP contribution is 2.26. The highest BCUT2D eigenvalue weighted by Gasteiger charge is 2.16. The normalized spacial score (nSPS) is 11.3. The Morgan fingerprint density at radius 3 is 2.34 bits per heavy atom. The lowest BCUT2D eigenvalue weighted by Gasteiger charge is -2.12. The Kier molecular flexibility index (Phi) is 8.89. The third-order valence-corrected chi connectivity index (χ3v) is 7.72. The van der Waals surface area contributed by atoms with Crippen LogP contribution in [0.5, 0.6) is 0 Å². The van der Waals surface area contributed by atoms with E-state index in [1.54, 1.807) is 66.9 Å². The number of anilines is 1. The van der Waals surface area contributed by atoms with Gasteiger partial charge in [-0.25, -0.2) is 0 Å². The fourth-order valence-electron chi connectivity index (χ4n) is 4.09. The van der Waals surface area contributed by atoms with Gasteiger partial charge in [0.2, 0.25) is 0 Å². The van der Waals surface area contributed by atoms with Crippen LogP contribution in [0.25, 0.3) is 17.0 Å². The van der Waals surface area contributed by atoms with Crippen LogP contribution in [0.4, 0.5) is 5.69 Å². The summed E-state index contributed by atoms with van der Waals surface area (Å²) >= 11 is 13.4. The minimum atomic E-state index is -0.479. The number of fused-ring (bicyclic) bond motifs is 1. The molecule has 0 saturated heterocycles. The Morgan fingerprint density at radius 2 is 1.59 bits per heavy atom. The number of benzene rings is 4. The maximum Gasteiger partial charge on any atom is 0.272 e. The zero-order chi connectivity index (χ0) is 28.8. The monoisotopic (exact) mass is 599 g/mol. The number of ketones is 1. The van der Waals surface area contributed by atoms with Crippen LogP contribution in [-0.4, -0.2) is 28.3 Å². The number of rotatable bonds is 9. The molecule has 0 aliphatic rings. The summed E-state index contributed by atoms with van der Waals surface area (Å²) in [6.45, 7) is 0. The minimum Gasteiger partial charge on any atom is -0.361 e. The number of thioether (sulfide) groups is 1. The number of nitrogens with one attached hydrogen (secondary N) is 3. The quantitative estimate of drug-likeness (QED) is 0.0913. The number of hydrogen-bond donors (Lipinski definition) is 3. The second-order valence-electron chi connectivity index (χ2n) is 8.98. The van der Waals surface area contributed by atoms with Crippen molar-refractivity contribution in [1.29, 1.82) is 0 Å². The topological polar surface area (TPSA) is 91.1 Å². The first-order valence-corrected chi connectivity index (χ1v) is 14.3. The molecule has 5 aromatic rings. The molecule has 0 spiro atoms. The van der Waals surface area contributed by atoms with Crippen molar-refractivity contribution in [3.63, 3.8) is 0 Å². The van der Waals surface area contributed by atoms with Gasteiger partial charge in [-0.05, 0) is 66.7 Å². The number of aromatic amines is 1. The van der Waals surface area contributed by atoms with Crippen LogP contribution in [-0.2, 0) is 4.79 Å². The van der Waals surface area contributed by atoms with E-state index in [2.05, 4.69) is 15.6 Å². The second kappa shape index (κ2) is 12.9. The standard InChI is InChI=1S/C32H23Cl2N3O3S/c33-22-10-15-26(27(34)17-22)30(38)19-41-24-13-11-23(12-14-24)36-32(40)29(37-31(39)20-6-2-1-3-7-20)16-21-18-35-28-9-5-4-8-25(21)28/h1-18,35H,19H2,(H,36,40)(H,37,39)/b29-16-. The van der Waals surface area contributed by atoms with Gasteiger partial charge in [-0.3, -0.25) is 14.4 Å². The third kappa shape index (κ3) is 7.08. The van der Waals surface area contributed by atoms with Gasteiger partial charge in [-0.1, -0.05) is 59.6 Å². The lowest BCUT2D eigenvalue weighted by atomic mass is 10.1. The maximum absolute atomic E-state index is 13.4. The molecule has 1 aromatic heterocycles. The van der Waals surface area contributed by atoms with Crippen LogP contribution in [0.2, 0.25) is 10.0 Å². The molecule has 204 valence electrons. The first-order chi connectivity index (χ1) is 19.9. The number of halogens is 2. The Bertz CT molecular complexity index is 1770. The molecule has 2 amide bonds. The van der Waals surface area contributed by atoms with E-state index in [0.717, 1.165) is 21.4 Å². The van der Waals surface area contributed by atoms with E-state index < -0.39 is 11.8 Å². The summed E-state index contributed by atoms with van der Waals surface area (Å²) in [5, 5.41) is 7.32. The van der Waals surface area contributed by atoms with Crippen LogP contribution >= 0.6 is 35.0 Å². The van der Waals surface area contributed by atoms with Gasteiger partial charge in [-0.2, -0.15) is 0 Å². The van der Waals surface area contributed by atoms with Crippen molar-refractivity contribution in [2.75, 3.05) is 11.1 Å². The molecule has 3 N–H and O–H groups in total. The fourth-order valence-corrected chi connectivity index (χ4v) is 5.38. The number of aromatic nitrogens is 1. The smallest absolute Gasteiger partial charge is 0.272 e. The van der Waals surface area contributed by atoms with Crippen molar-refractivity contribution in [1.82, 2.24) is 10.3 Å². The molecule has 0 fully saturated rings. The van der Waals surface area contributed by atoms with E-state index in [-0.39, 0.29) is 17.2 Å². The number of para-hydroxylation sites is 1. The van der Waals surface area contributed by atoms with Crippen molar-refractivity contribution in [2.24, 2.45) is 0 Å². The molecule has 1 heterocycles. The van der Waals surface area contributed by atoms with Crippen molar-refractivity contribution >= 4 is 75.2 Å². The number of H-pyrrole nitrogens is 1. The van der Waals surface area contributed by atoms with Gasteiger partial charge in [0, 0.05) is 49.4 Å². The number of carbonyl (C=O) groups excluding carboxylic acids is 3. The van der Waals surface area contributed by atoms with Gasteiger partial charge in [0.1, 0.15) is 5.70 Å². The fraction of sp³-hybridized carbons (Fsp3) is 0.0312. The van der Waals surface area contributed by atoms with Gasteiger partial charge in [0.05, 0.1) is 10.8 Å². The summed E-state index contributed by atoms with van der Waals surface area (Å²) in [5.74, 6) is -0.803. The van der Waals surface area contributed by atoms with E-state index in [9.17, 15) is 14.4 Å². The average Bonchev–Trinajstić information content (AvgIpc) is 3.39. The predicted octanol–water partition coefficient (Wildman–Crippen LogP) is 7.86. The molecule has 41 heavy (non-hydrogen) atoms. The summed E-state index contributed by atoms with van der Waals surface area (Å²) in [5.41, 5.74) is 3.15. The molecular formula is C32H23Cl2N3O3S. The maximum atomic E-state index is 13.4. The summed E-state index contributed by atoms with van der Waals surface area (Å²) in [7, 11) is 0. The number of amides is 2. The van der Waals surface area contributed by atoms with Crippen molar-refractivity contribution < 1.29 is 14.4 Å². The summed E-state index contributed by atoms with van der Waals surface area (Å²) < 4.78 is 0. The SMILES string of the molecule is O=C(Nc1ccc(SCC(=O)c2ccc(Cl)cc2Cl)cc1)/C(=C/c1c[nH]c2ccccc12)NC(=O)c1ccccc1. The Labute approximate surface area is 250 Å². The van der Waals surface area contributed by atoms with E-state index in [0.29, 0.717) is 26.9 Å². The molecule has 0 aliphatic heterocycles. The molecule has 6 nitrogen and oxygen atoms in total. The van der Waals surface area contributed by atoms with E-state index in [4.69, 9.17) is 23.2 Å².